The first kappa shape index (κ1) is 21.2. The van der Waals surface area contributed by atoms with Crippen molar-refractivity contribution in [2.75, 3.05) is 45.2 Å². The van der Waals surface area contributed by atoms with Crippen LogP contribution in [-0.4, -0.2) is 72.5 Å². The van der Waals surface area contributed by atoms with Gasteiger partial charge in [0.15, 0.2) is 0 Å². The van der Waals surface area contributed by atoms with E-state index < -0.39 is 6.04 Å². The second-order valence-corrected chi connectivity index (χ2v) is 8.12. The van der Waals surface area contributed by atoms with Gasteiger partial charge in [0.1, 0.15) is 11.8 Å². The first-order valence-corrected chi connectivity index (χ1v) is 10.9. The Hall–Kier alpha value is -3.06. The van der Waals surface area contributed by atoms with Crippen LogP contribution >= 0.6 is 0 Å². The van der Waals surface area contributed by atoms with E-state index in [4.69, 9.17) is 4.74 Å². The molecular weight excluding hydrogens is 392 g/mol. The molecule has 0 aromatic heterocycles. The highest BCUT2D eigenvalue weighted by Gasteiger charge is 2.38. The molecule has 2 heterocycles. The van der Waals surface area contributed by atoms with Crippen LogP contribution in [0.25, 0.3) is 0 Å². The van der Waals surface area contributed by atoms with Gasteiger partial charge in [-0.25, -0.2) is 4.79 Å². The average Bonchev–Trinajstić information content (AvgIpc) is 3.34. The monoisotopic (exact) mass is 422 g/mol. The van der Waals surface area contributed by atoms with E-state index in [1.54, 1.807) is 18.1 Å². The minimum absolute atomic E-state index is 0.0519. The van der Waals surface area contributed by atoms with Crippen molar-refractivity contribution < 1.29 is 14.3 Å². The lowest BCUT2D eigenvalue weighted by atomic mass is 10.1. The van der Waals surface area contributed by atoms with Crippen molar-refractivity contribution in [2.24, 2.45) is 0 Å². The fourth-order valence-electron chi connectivity index (χ4n) is 4.32. The van der Waals surface area contributed by atoms with Crippen LogP contribution in [0.4, 0.5) is 10.5 Å². The minimum Gasteiger partial charge on any atom is -0.497 e. The largest absolute Gasteiger partial charge is 0.497 e. The van der Waals surface area contributed by atoms with Gasteiger partial charge in [0, 0.05) is 51.0 Å². The molecule has 1 unspecified atom stereocenters. The number of hydrogen-bond donors (Lipinski definition) is 1. The Balaban J connectivity index is 1.49. The van der Waals surface area contributed by atoms with Gasteiger partial charge in [-0.05, 0) is 30.5 Å². The highest BCUT2D eigenvalue weighted by Crippen LogP contribution is 2.21. The van der Waals surface area contributed by atoms with Gasteiger partial charge in [0.25, 0.3) is 0 Å². The summed E-state index contributed by atoms with van der Waals surface area (Å²) in [4.78, 5) is 32.3. The van der Waals surface area contributed by atoms with Crippen LogP contribution in [0.15, 0.2) is 54.6 Å². The van der Waals surface area contributed by atoms with E-state index in [1.165, 1.54) is 5.56 Å². The summed E-state index contributed by atoms with van der Waals surface area (Å²) in [5.74, 6) is 0.728. The molecule has 1 N–H and O–H groups in total. The van der Waals surface area contributed by atoms with E-state index >= 15 is 0 Å². The van der Waals surface area contributed by atoms with Gasteiger partial charge in [-0.2, -0.15) is 0 Å². The molecule has 2 aromatic rings. The molecule has 2 aliphatic heterocycles. The smallest absolute Gasteiger partial charge is 0.322 e. The number of piperazine rings is 1. The predicted octanol–water partition coefficient (Wildman–Crippen LogP) is 3.04. The highest BCUT2D eigenvalue weighted by atomic mass is 16.5. The number of hydrogen-bond acceptors (Lipinski definition) is 4. The predicted molar refractivity (Wildman–Crippen MR) is 120 cm³/mol. The lowest BCUT2D eigenvalue weighted by molar-refractivity contribution is -0.137. The zero-order valence-electron chi connectivity index (χ0n) is 18.0. The van der Waals surface area contributed by atoms with Crippen molar-refractivity contribution in [1.29, 1.82) is 0 Å². The number of carbonyl (C=O) groups is 2. The summed E-state index contributed by atoms with van der Waals surface area (Å²) in [7, 11) is 1.59. The number of methoxy groups -OCH3 is 1. The fourth-order valence-corrected chi connectivity index (χ4v) is 4.32. The standard InChI is InChI=1S/C24H30N4O3/c1-31-21-11-7-10-20(16-21)25-24(30)28-15-14-26(17-19-8-3-2-4-9-19)18-22(28)23(29)27-12-5-6-13-27/h2-4,7-11,16,22H,5-6,12-15,17-18H2,1H3,(H,25,30). The van der Waals surface area contributed by atoms with Crippen LogP contribution in [0.1, 0.15) is 18.4 Å². The number of carbonyl (C=O) groups excluding carboxylic acids is 2. The molecule has 0 aliphatic carbocycles. The van der Waals surface area contributed by atoms with E-state index in [0.717, 1.165) is 39.0 Å². The Kier molecular flexibility index (Phi) is 6.72. The summed E-state index contributed by atoms with van der Waals surface area (Å²) in [6.07, 6.45) is 2.06. The second-order valence-electron chi connectivity index (χ2n) is 8.12. The third-order valence-corrected chi connectivity index (χ3v) is 6.00. The number of rotatable bonds is 5. The summed E-state index contributed by atoms with van der Waals surface area (Å²) in [6, 6.07) is 16.8. The Morgan fingerprint density at radius 3 is 2.52 bits per heavy atom. The zero-order chi connectivity index (χ0) is 21.6. The van der Waals surface area contributed by atoms with Gasteiger partial charge in [0.05, 0.1) is 7.11 Å². The number of nitrogens with zero attached hydrogens (tertiary/aromatic N) is 3. The number of benzene rings is 2. The maximum Gasteiger partial charge on any atom is 0.322 e. The highest BCUT2D eigenvalue weighted by molar-refractivity contribution is 5.94. The van der Waals surface area contributed by atoms with Gasteiger partial charge < -0.3 is 19.9 Å². The molecule has 0 saturated carbocycles. The summed E-state index contributed by atoms with van der Waals surface area (Å²) >= 11 is 0. The topological polar surface area (TPSA) is 65.1 Å². The van der Waals surface area contributed by atoms with Crippen LogP contribution < -0.4 is 10.1 Å². The Morgan fingerprint density at radius 2 is 1.77 bits per heavy atom. The minimum atomic E-state index is -0.485. The Bertz CT molecular complexity index is 899. The summed E-state index contributed by atoms with van der Waals surface area (Å²) < 4.78 is 5.25. The average molecular weight is 423 g/mol. The van der Waals surface area contributed by atoms with Crippen LogP contribution in [0.2, 0.25) is 0 Å². The van der Waals surface area contributed by atoms with Crippen LogP contribution in [0.3, 0.4) is 0 Å². The molecule has 164 valence electrons. The molecule has 0 bridgehead atoms. The van der Waals surface area contributed by atoms with Crippen LogP contribution in [0.5, 0.6) is 5.75 Å². The number of amides is 3. The maximum absolute atomic E-state index is 13.3. The lowest BCUT2D eigenvalue weighted by Crippen LogP contribution is -2.61. The summed E-state index contributed by atoms with van der Waals surface area (Å²) in [6.45, 7) is 4.10. The molecule has 31 heavy (non-hydrogen) atoms. The molecule has 0 radical (unpaired) electrons. The van der Waals surface area contributed by atoms with Crippen LogP contribution in [-0.2, 0) is 11.3 Å². The third kappa shape index (κ3) is 5.17. The molecule has 7 heteroatoms. The first-order valence-electron chi connectivity index (χ1n) is 10.9. The van der Waals surface area contributed by atoms with Gasteiger partial charge in [-0.15, -0.1) is 0 Å². The maximum atomic E-state index is 13.3. The van der Waals surface area contributed by atoms with Gasteiger partial charge in [-0.3, -0.25) is 9.69 Å². The zero-order valence-corrected chi connectivity index (χ0v) is 18.0. The normalized spacial score (nSPS) is 19.3. The number of ether oxygens (including phenoxy) is 1. The van der Waals surface area contributed by atoms with E-state index in [9.17, 15) is 9.59 Å². The Labute approximate surface area is 183 Å². The second kappa shape index (κ2) is 9.83. The number of urea groups is 1. The summed E-state index contributed by atoms with van der Waals surface area (Å²) in [5, 5.41) is 2.94. The molecule has 2 saturated heterocycles. The molecule has 1 atom stereocenters. The van der Waals surface area contributed by atoms with E-state index in [1.807, 2.05) is 41.3 Å². The molecule has 2 aliphatic rings. The molecule has 4 rings (SSSR count). The fraction of sp³-hybridized carbons (Fsp3) is 0.417. The quantitative estimate of drug-likeness (QED) is 0.805. The molecule has 7 nitrogen and oxygen atoms in total. The van der Waals surface area contributed by atoms with Crippen molar-refractivity contribution in [1.82, 2.24) is 14.7 Å². The first-order chi connectivity index (χ1) is 15.1. The van der Waals surface area contributed by atoms with Crippen molar-refractivity contribution >= 4 is 17.6 Å². The van der Waals surface area contributed by atoms with E-state index in [0.29, 0.717) is 24.5 Å². The van der Waals surface area contributed by atoms with Gasteiger partial charge >= 0.3 is 6.03 Å². The molecule has 2 aromatic carbocycles. The van der Waals surface area contributed by atoms with E-state index in [-0.39, 0.29) is 11.9 Å². The lowest BCUT2D eigenvalue weighted by Gasteiger charge is -2.41. The van der Waals surface area contributed by atoms with E-state index in [2.05, 4.69) is 22.3 Å². The van der Waals surface area contributed by atoms with Crippen molar-refractivity contribution in [3.05, 3.63) is 60.2 Å². The molecular formula is C24H30N4O3. The molecule has 3 amide bonds. The van der Waals surface area contributed by atoms with Gasteiger partial charge in [0.2, 0.25) is 5.91 Å². The number of nitrogens with one attached hydrogen (secondary N) is 1. The van der Waals surface area contributed by atoms with Gasteiger partial charge in [-0.1, -0.05) is 36.4 Å². The van der Waals surface area contributed by atoms with Crippen LogP contribution in [0, 0.1) is 0 Å². The van der Waals surface area contributed by atoms with Crippen molar-refractivity contribution in [2.45, 2.75) is 25.4 Å². The molecule has 2 fully saturated rings. The number of likely N-dealkylation sites (tertiary alicyclic amines) is 1. The van der Waals surface area contributed by atoms with Crippen molar-refractivity contribution in [3.8, 4) is 5.75 Å². The summed E-state index contributed by atoms with van der Waals surface area (Å²) in [5.41, 5.74) is 1.87. The third-order valence-electron chi connectivity index (χ3n) is 6.00. The SMILES string of the molecule is COc1cccc(NC(=O)N2CCN(Cc3ccccc3)CC2C(=O)N2CCCC2)c1. The number of anilines is 1. The van der Waals surface area contributed by atoms with Crippen molar-refractivity contribution in [3.63, 3.8) is 0 Å². The molecule has 0 spiro atoms. The Morgan fingerprint density at radius 1 is 1.00 bits per heavy atom.